The van der Waals surface area contributed by atoms with Crippen LogP contribution in [0.2, 0.25) is 0 Å². The summed E-state index contributed by atoms with van der Waals surface area (Å²) in [6.45, 7) is 3.79. The van der Waals surface area contributed by atoms with Crippen LogP contribution < -0.4 is 0 Å². The van der Waals surface area contributed by atoms with Gasteiger partial charge < -0.3 is 9.88 Å². The van der Waals surface area contributed by atoms with Crippen molar-refractivity contribution >= 4 is 22.7 Å². The number of hydrogen-bond donors (Lipinski definition) is 1. The van der Waals surface area contributed by atoms with Crippen LogP contribution in [-0.4, -0.2) is 35.8 Å². The molecule has 1 aromatic heterocycles. The minimum atomic E-state index is 1.16. The number of aromatic amines is 1. The van der Waals surface area contributed by atoms with Crippen LogP contribution in [0.4, 0.5) is 0 Å². The lowest BCUT2D eigenvalue weighted by Crippen LogP contribution is -2.21. The molecule has 2 aromatic rings. The lowest BCUT2D eigenvalue weighted by atomic mass is 10.1. The maximum Gasteiger partial charge on any atom is 0.0457 e. The molecular formula is C15H20N2S. The quantitative estimate of drug-likeness (QED) is 0.848. The first kappa shape index (κ1) is 12.1. The number of nitrogens with one attached hydrogen (secondary N) is 1. The Morgan fingerprint density at radius 1 is 1.28 bits per heavy atom. The van der Waals surface area contributed by atoms with Gasteiger partial charge >= 0.3 is 0 Å². The molecule has 1 aliphatic rings. The monoisotopic (exact) mass is 260 g/mol. The number of benzene rings is 1. The third kappa shape index (κ3) is 2.43. The number of nitrogens with zero attached hydrogens (tertiary/aromatic N) is 1. The van der Waals surface area contributed by atoms with Gasteiger partial charge in [0.15, 0.2) is 0 Å². The van der Waals surface area contributed by atoms with Gasteiger partial charge in [-0.1, -0.05) is 0 Å². The van der Waals surface area contributed by atoms with Gasteiger partial charge in [0.25, 0.3) is 0 Å². The minimum absolute atomic E-state index is 1.16. The van der Waals surface area contributed by atoms with Crippen LogP contribution in [0.15, 0.2) is 29.3 Å². The molecule has 0 unspecified atom stereocenters. The van der Waals surface area contributed by atoms with Gasteiger partial charge in [0, 0.05) is 28.5 Å². The van der Waals surface area contributed by atoms with Gasteiger partial charge in [0.1, 0.15) is 0 Å². The molecule has 1 fully saturated rings. The molecule has 0 atom stereocenters. The topological polar surface area (TPSA) is 19.0 Å². The summed E-state index contributed by atoms with van der Waals surface area (Å²) in [4.78, 5) is 7.32. The van der Waals surface area contributed by atoms with E-state index in [1.165, 1.54) is 53.8 Å². The molecule has 1 aromatic carbocycles. The van der Waals surface area contributed by atoms with Crippen molar-refractivity contribution in [2.75, 3.05) is 25.9 Å². The van der Waals surface area contributed by atoms with Crippen molar-refractivity contribution in [1.82, 2.24) is 9.88 Å². The van der Waals surface area contributed by atoms with Crippen molar-refractivity contribution in [3.8, 4) is 0 Å². The highest BCUT2D eigenvalue weighted by Crippen LogP contribution is 2.25. The Bertz CT molecular complexity index is 526. The van der Waals surface area contributed by atoms with E-state index in [0.717, 1.165) is 6.42 Å². The summed E-state index contributed by atoms with van der Waals surface area (Å²) >= 11 is 1.81. The summed E-state index contributed by atoms with van der Waals surface area (Å²) < 4.78 is 0. The number of fused-ring (bicyclic) bond motifs is 1. The molecule has 1 saturated heterocycles. The molecule has 0 amide bonds. The number of hydrogen-bond acceptors (Lipinski definition) is 2. The number of H-pyrrole nitrogens is 1. The van der Waals surface area contributed by atoms with Crippen LogP contribution in [0.3, 0.4) is 0 Å². The fourth-order valence-electron chi connectivity index (χ4n) is 2.78. The molecule has 18 heavy (non-hydrogen) atoms. The van der Waals surface area contributed by atoms with Gasteiger partial charge in [-0.15, -0.1) is 11.8 Å². The van der Waals surface area contributed by atoms with E-state index in [2.05, 4.69) is 40.5 Å². The number of thioether (sulfide) groups is 1. The molecule has 0 radical (unpaired) electrons. The van der Waals surface area contributed by atoms with Crippen LogP contribution in [0.25, 0.3) is 10.9 Å². The maximum absolute atomic E-state index is 3.39. The summed E-state index contributed by atoms with van der Waals surface area (Å²) in [7, 11) is 0. The smallest absolute Gasteiger partial charge is 0.0457 e. The average molecular weight is 260 g/mol. The minimum Gasteiger partial charge on any atom is -0.361 e. The summed E-state index contributed by atoms with van der Waals surface area (Å²) in [5.41, 5.74) is 2.73. The molecule has 2 nitrogen and oxygen atoms in total. The number of aromatic nitrogens is 1. The number of rotatable bonds is 4. The highest BCUT2D eigenvalue weighted by atomic mass is 32.2. The molecule has 0 saturated carbocycles. The fraction of sp³-hybridized carbons (Fsp3) is 0.467. The predicted octanol–water partition coefficient (Wildman–Crippen LogP) is 3.53. The van der Waals surface area contributed by atoms with Crippen LogP contribution in [-0.2, 0) is 6.42 Å². The largest absolute Gasteiger partial charge is 0.361 e. The first-order chi connectivity index (χ1) is 8.86. The maximum atomic E-state index is 3.39. The second kappa shape index (κ2) is 5.37. The third-order valence-corrected chi connectivity index (χ3v) is 4.60. The van der Waals surface area contributed by atoms with E-state index in [1.807, 2.05) is 11.8 Å². The van der Waals surface area contributed by atoms with E-state index in [9.17, 15) is 0 Å². The third-order valence-electron chi connectivity index (χ3n) is 3.87. The molecule has 0 bridgehead atoms. The standard InChI is InChI=1S/C15H20N2S/c1-18-13-4-5-15-14(10-13)12(11-16-15)6-9-17-7-2-3-8-17/h4-5,10-11,16H,2-3,6-9H2,1H3. The summed E-state index contributed by atoms with van der Waals surface area (Å²) in [5, 5.41) is 1.40. The Kier molecular flexibility index (Phi) is 3.62. The van der Waals surface area contributed by atoms with Gasteiger partial charge in [0.05, 0.1) is 0 Å². The van der Waals surface area contributed by atoms with E-state index in [4.69, 9.17) is 0 Å². The van der Waals surface area contributed by atoms with Gasteiger partial charge in [0.2, 0.25) is 0 Å². The van der Waals surface area contributed by atoms with Gasteiger partial charge in [-0.05, 0) is 62.4 Å². The van der Waals surface area contributed by atoms with Crippen molar-refractivity contribution in [3.63, 3.8) is 0 Å². The zero-order chi connectivity index (χ0) is 12.4. The Hall–Kier alpha value is -0.930. The SMILES string of the molecule is CSc1ccc2[nH]cc(CCN3CCCC3)c2c1. The highest BCUT2D eigenvalue weighted by molar-refractivity contribution is 7.98. The zero-order valence-electron chi connectivity index (χ0n) is 10.9. The molecule has 96 valence electrons. The molecule has 0 aliphatic carbocycles. The first-order valence-corrected chi connectivity index (χ1v) is 7.95. The van der Waals surface area contributed by atoms with Crippen molar-refractivity contribution in [1.29, 1.82) is 0 Å². The summed E-state index contributed by atoms with van der Waals surface area (Å²) in [6.07, 6.45) is 8.25. The average Bonchev–Trinajstić information content (AvgIpc) is 3.05. The van der Waals surface area contributed by atoms with Crippen LogP contribution in [0.5, 0.6) is 0 Å². The van der Waals surface area contributed by atoms with Crippen molar-refractivity contribution in [2.45, 2.75) is 24.2 Å². The van der Waals surface area contributed by atoms with E-state index in [-0.39, 0.29) is 0 Å². The molecule has 1 aliphatic heterocycles. The molecule has 3 heteroatoms. The van der Waals surface area contributed by atoms with Gasteiger partial charge in [-0.25, -0.2) is 0 Å². The normalized spacial score (nSPS) is 16.7. The van der Waals surface area contributed by atoms with E-state index < -0.39 is 0 Å². The zero-order valence-corrected chi connectivity index (χ0v) is 11.7. The second-order valence-electron chi connectivity index (χ2n) is 5.02. The summed E-state index contributed by atoms with van der Waals surface area (Å²) in [5.74, 6) is 0. The Morgan fingerprint density at radius 2 is 2.11 bits per heavy atom. The van der Waals surface area contributed by atoms with Crippen LogP contribution >= 0.6 is 11.8 Å². The lowest BCUT2D eigenvalue weighted by Gasteiger charge is -2.13. The first-order valence-electron chi connectivity index (χ1n) is 6.73. The molecule has 0 spiro atoms. The van der Waals surface area contributed by atoms with E-state index in [1.54, 1.807) is 0 Å². The van der Waals surface area contributed by atoms with Gasteiger partial charge in [-0.3, -0.25) is 0 Å². The molecule has 2 heterocycles. The predicted molar refractivity (Wildman–Crippen MR) is 79.5 cm³/mol. The van der Waals surface area contributed by atoms with Crippen molar-refractivity contribution in [2.24, 2.45) is 0 Å². The molecule has 1 N–H and O–H groups in total. The van der Waals surface area contributed by atoms with Crippen LogP contribution in [0.1, 0.15) is 18.4 Å². The van der Waals surface area contributed by atoms with Crippen molar-refractivity contribution in [3.05, 3.63) is 30.0 Å². The van der Waals surface area contributed by atoms with Crippen molar-refractivity contribution < 1.29 is 0 Å². The highest BCUT2D eigenvalue weighted by Gasteiger charge is 2.12. The summed E-state index contributed by atoms with van der Waals surface area (Å²) in [6, 6.07) is 6.70. The second-order valence-corrected chi connectivity index (χ2v) is 5.90. The Labute approximate surface area is 113 Å². The fourth-order valence-corrected chi connectivity index (χ4v) is 3.22. The number of likely N-dealkylation sites (tertiary alicyclic amines) is 1. The van der Waals surface area contributed by atoms with E-state index in [0.29, 0.717) is 0 Å². The lowest BCUT2D eigenvalue weighted by molar-refractivity contribution is 0.344. The molecule has 3 rings (SSSR count). The Balaban J connectivity index is 1.78. The van der Waals surface area contributed by atoms with Crippen LogP contribution in [0, 0.1) is 0 Å². The van der Waals surface area contributed by atoms with E-state index >= 15 is 0 Å². The van der Waals surface area contributed by atoms with Gasteiger partial charge in [-0.2, -0.15) is 0 Å². The Morgan fingerprint density at radius 3 is 2.89 bits per heavy atom. The molecular weight excluding hydrogens is 240 g/mol.